The summed E-state index contributed by atoms with van der Waals surface area (Å²) in [6, 6.07) is 37.4. The van der Waals surface area contributed by atoms with E-state index in [1.807, 2.05) is 44.0 Å². The van der Waals surface area contributed by atoms with Gasteiger partial charge in [0.1, 0.15) is 10.6 Å². The van der Waals surface area contributed by atoms with Crippen molar-refractivity contribution < 1.29 is 19.1 Å². The molecule has 6 rings (SSSR count). The molecule has 252 valence electrons. The number of amides is 1. The van der Waals surface area contributed by atoms with Gasteiger partial charge in [0, 0.05) is 47.2 Å². The standard InChI is InChI=1S/C40H41N3O4S2/c1-39(2,3)47-38(45)43(32-20-21-34(37(44)46-4)35(25-32)36-41-22-23-48-36)27-31-24-33(26-42-31)49-40(28-14-8-5-9-15-28,29-16-10-6-11-17-29)30-18-12-7-13-19-30/h5-23,25,31,33,42H,24,26-27H2,1-4H3/t31-,33-/m0/s1. The first-order valence-corrected chi connectivity index (χ1v) is 18.1. The van der Waals surface area contributed by atoms with Crippen LogP contribution in [-0.4, -0.2) is 54.1 Å². The van der Waals surface area contributed by atoms with E-state index in [1.54, 1.807) is 23.2 Å². The zero-order chi connectivity index (χ0) is 34.4. The fraction of sp³-hybridized carbons (Fsp3) is 0.275. The number of nitrogens with one attached hydrogen (secondary N) is 1. The Bertz CT molecular complexity index is 1750. The van der Waals surface area contributed by atoms with E-state index in [4.69, 9.17) is 9.47 Å². The predicted molar refractivity (Wildman–Crippen MR) is 199 cm³/mol. The number of carbonyl (C=O) groups excluding carboxylic acids is 2. The number of benzene rings is 4. The van der Waals surface area contributed by atoms with E-state index >= 15 is 0 Å². The maximum atomic E-state index is 13.9. The van der Waals surface area contributed by atoms with E-state index in [0.29, 0.717) is 28.4 Å². The molecule has 1 N–H and O–H groups in total. The molecule has 5 aromatic rings. The molecule has 1 aliphatic heterocycles. The average Bonchev–Trinajstić information content (AvgIpc) is 3.82. The fourth-order valence-electron chi connectivity index (χ4n) is 6.33. The van der Waals surface area contributed by atoms with Crippen LogP contribution >= 0.6 is 23.1 Å². The normalized spacial score (nSPS) is 16.2. The van der Waals surface area contributed by atoms with Gasteiger partial charge in [-0.2, -0.15) is 0 Å². The molecular formula is C40H41N3O4S2. The molecule has 1 fully saturated rings. The van der Waals surface area contributed by atoms with Crippen molar-refractivity contribution in [1.82, 2.24) is 10.3 Å². The SMILES string of the molecule is COC(=O)c1ccc(N(C[C@@H]2C[C@H](SC(c3ccccc3)(c3ccccc3)c3ccccc3)CN2)C(=O)OC(C)(C)C)cc1-c1nccs1. The van der Waals surface area contributed by atoms with Gasteiger partial charge in [-0.3, -0.25) is 4.90 Å². The van der Waals surface area contributed by atoms with Crippen LogP contribution in [0.2, 0.25) is 0 Å². The Hall–Kier alpha value is -4.44. The van der Waals surface area contributed by atoms with Crippen LogP contribution in [0.1, 0.15) is 54.2 Å². The van der Waals surface area contributed by atoms with Gasteiger partial charge in [0.2, 0.25) is 0 Å². The van der Waals surface area contributed by atoms with Gasteiger partial charge in [-0.15, -0.1) is 23.1 Å². The molecule has 0 aliphatic carbocycles. The van der Waals surface area contributed by atoms with Crippen LogP contribution in [0.4, 0.5) is 10.5 Å². The van der Waals surface area contributed by atoms with Gasteiger partial charge < -0.3 is 14.8 Å². The van der Waals surface area contributed by atoms with Gasteiger partial charge in [-0.1, -0.05) is 91.0 Å². The van der Waals surface area contributed by atoms with E-state index in [2.05, 4.69) is 101 Å². The zero-order valence-corrected chi connectivity index (χ0v) is 29.8. The number of nitrogens with zero attached hydrogens (tertiary/aromatic N) is 2. The van der Waals surface area contributed by atoms with Crippen molar-refractivity contribution in [2.75, 3.05) is 25.1 Å². The van der Waals surface area contributed by atoms with Crippen LogP contribution in [0.5, 0.6) is 0 Å². The summed E-state index contributed by atoms with van der Waals surface area (Å²) in [7, 11) is 1.36. The topological polar surface area (TPSA) is 80.8 Å². The molecule has 4 aromatic carbocycles. The number of thiazole rings is 1. The molecule has 0 saturated carbocycles. The number of anilines is 1. The number of methoxy groups -OCH3 is 1. The highest BCUT2D eigenvalue weighted by molar-refractivity contribution is 8.01. The number of rotatable bonds is 10. The van der Waals surface area contributed by atoms with Gasteiger partial charge in [-0.05, 0) is 62.1 Å². The molecule has 49 heavy (non-hydrogen) atoms. The molecule has 0 unspecified atom stereocenters. The Morgan fingerprint density at radius 1 is 0.898 bits per heavy atom. The second kappa shape index (κ2) is 15.0. The van der Waals surface area contributed by atoms with E-state index in [9.17, 15) is 9.59 Å². The van der Waals surface area contributed by atoms with Crippen molar-refractivity contribution in [3.8, 4) is 10.6 Å². The highest BCUT2D eigenvalue weighted by Gasteiger charge is 2.42. The first-order chi connectivity index (χ1) is 23.7. The van der Waals surface area contributed by atoms with Crippen molar-refractivity contribution in [1.29, 1.82) is 0 Å². The Labute approximate surface area is 296 Å². The van der Waals surface area contributed by atoms with Crippen molar-refractivity contribution in [3.63, 3.8) is 0 Å². The van der Waals surface area contributed by atoms with E-state index in [-0.39, 0.29) is 11.3 Å². The molecule has 2 heterocycles. The first kappa shape index (κ1) is 34.4. The molecule has 1 aliphatic rings. The van der Waals surface area contributed by atoms with Gasteiger partial charge in [0.15, 0.2) is 0 Å². The number of hydrogen-bond acceptors (Lipinski definition) is 8. The molecule has 9 heteroatoms. The number of carbonyl (C=O) groups is 2. The lowest BCUT2D eigenvalue weighted by atomic mass is 9.84. The van der Waals surface area contributed by atoms with Gasteiger partial charge >= 0.3 is 12.1 Å². The highest BCUT2D eigenvalue weighted by Crippen LogP contribution is 2.51. The van der Waals surface area contributed by atoms with Crippen molar-refractivity contribution in [3.05, 3.63) is 143 Å². The molecule has 1 saturated heterocycles. The number of hydrogen-bond donors (Lipinski definition) is 1. The van der Waals surface area contributed by atoms with Gasteiger partial charge in [-0.25, -0.2) is 14.6 Å². The molecule has 0 radical (unpaired) electrons. The molecule has 2 atom stereocenters. The largest absolute Gasteiger partial charge is 0.465 e. The van der Waals surface area contributed by atoms with Crippen LogP contribution < -0.4 is 10.2 Å². The zero-order valence-electron chi connectivity index (χ0n) is 28.2. The fourth-order valence-corrected chi connectivity index (χ4v) is 8.82. The van der Waals surface area contributed by atoms with E-state index in [0.717, 1.165) is 13.0 Å². The van der Waals surface area contributed by atoms with Crippen molar-refractivity contribution in [2.45, 2.75) is 48.8 Å². The third kappa shape index (κ3) is 7.75. The summed E-state index contributed by atoms with van der Waals surface area (Å²) in [5, 5.41) is 6.49. The lowest BCUT2D eigenvalue weighted by Gasteiger charge is -2.37. The highest BCUT2D eigenvalue weighted by atomic mass is 32.2. The Balaban J connectivity index is 1.33. The van der Waals surface area contributed by atoms with Crippen LogP contribution in [-0.2, 0) is 14.2 Å². The molecule has 1 aromatic heterocycles. The Kier molecular flexibility index (Phi) is 10.5. The summed E-state index contributed by atoms with van der Waals surface area (Å²) in [4.78, 5) is 32.7. The van der Waals surface area contributed by atoms with Crippen LogP contribution in [0.15, 0.2) is 121 Å². The van der Waals surface area contributed by atoms with Crippen LogP contribution in [0.3, 0.4) is 0 Å². The molecule has 0 spiro atoms. The maximum Gasteiger partial charge on any atom is 0.414 e. The summed E-state index contributed by atoms with van der Waals surface area (Å²) in [6.45, 7) is 6.75. The van der Waals surface area contributed by atoms with Gasteiger partial charge in [0.25, 0.3) is 0 Å². The molecule has 0 bridgehead atoms. The summed E-state index contributed by atoms with van der Waals surface area (Å²) in [5.41, 5.74) is 4.59. The lowest BCUT2D eigenvalue weighted by Crippen LogP contribution is -2.43. The van der Waals surface area contributed by atoms with Gasteiger partial charge in [0.05, 0.1) is 17.4 Å². The summed E-state index contributed by atoms with van der Waals surface area (Å²) in [5.74, 6) is -0.461. The Morgan fingerprint density at radius 2 is 1.49 bits per heavy atom. The average molecular weight is 692 g/mol. The minimum absolute atomic E-state index is 0.00589. The number of thioether (sulfide) groups is 1. The Morgan fingerprint density at radius 3 is 2.00 bits per heavy atom. The maximum absolute atomic E-state index is 13.9. The molecule has 7 nitrogen and oxygen atoms in total. The number of aromatic nitrogens is 1. The molecular weight excluding hydrogens is 651 g/mol. The number of esters is 1. The first-order valence-electron chi connectivity index (χ1n) is 16.4. The summed E-state index contributed by atoms with van der Waals surface area (Å²) >= 11 is 3.38. The third-order valence-electron chi connectivity index (χ3n) is 8.47. The van der Waals surface area contributed by atoms with E-state index in [1.165, 1.54) is 35.1 Å². The lowest BCUT2D eigenvalue weighted by molar-refractivity contribution is 0.0575. The predicted octanol–water partition coefficient (Wildman–Crippen LogP) is 8.79. The monoisotopic (exact) mass is 691 g/mol. The van der Waals surface area contributed by atoms with Crippen molar-refractivity contribution >= 4 is 40.8 Å². The van der Waals surface area contributed by atoms with Crippen LogP contribution in [0.25, 0.3) is 10.6 Å². The quantitative estimate of drug-likeness (QED) is 0.116. The minimum Gasteiger partial charge on any atom is -0.465 e. The van der Waals surface area contributed by atoms with Crippen LogP contribution in [0, 0.1) is 0 Å². The van der Waals surface area contributed by atoms with E-state index < -0.39 is 22.4 Å². The second-order valence-electron chi connectivity index (χ2n) is 13.0. The number of ether oxygens (including phenoxy) is 2. The summed E-state index contributed by atoms with van der Waals surface area (Å²) in [6.07, 6.45) is 2.08. The second-order valence-corrected chi connectivity index (χ2v) is 15.4. The minimum atomic E-state index is -0.693. The van der Waals surface area contributed by atoms with Crippen molar-refractivity contribution in [2.24, 2.45) is 0 Å². The summed E-state index contributed by atoms with van der Waals surface area (Å²) < 4.78 is 10.5. The molecule has 1 amide bonds. The smallest absolute Gasteiger partial charge is 0.414 e. The third-order valence-corrected chi connectivity index (χ3v) is 11.0.